The fourth-order valence-electron chi connectivity index (χ4n) is 5.82. The second-order valence-electron chi connectivity index (χ2n) is 10.0. The Morgan fingerprint density at radius 1 is 1.15 bits per heavy atom. The number of ether oxygens (including phenoxy) is 1. The number of phenolic OH excluding ortho intramolecular Hbond substituents is 1. The minimum atomic E-state index is -0.197. The van der Waals surface area contributed by atoms with E-state index in [0.717, 1.165) is 24.2 Å². The van der Waals surface area contributed by atoms with Crippen LogP contribution >= 0.6 is 0 Å². The largest absolute Gasteiger partial charge is 0.508 e. The number of fused-ring (bicyclic) bond motifs is 3. The molecule has 2 aliphatic carbocycles. The fourth-order valence-corrected chi connectivity index (χ4v) is 5.82. The van der Waals surface area contributed by atoms with Gasteiger partial charge in [0.1, 0.15) is 17.1 Å². The van der Waals surface area contributed by atoms with Crippen molar-refractivity contribution >= 4 is 0 Å². The second kappa shape index (κ2) is 6.04. The first kappa shape index (κ1) is 17.9. The molecule has 0 bridgehead atoms. The first-order valence-electron chi connectivity index (χ1n) is 10.4. The van der Waals surface area contributed by atoms with Crippen molar-refractivity contribution in [3.05, 3.63) is 34.9 Å². The molecule has 1 aromatic carbocycles. The Bertz CT molecular complexity index is 735. The van der Waals surface area contributed by atoms with Gasteiger partial charge in [0, 0.05) is 17.4 Å². The highest BCUT2D eigenvalue weighted by Crippen LogP contribution is 2.55. The zero-order valence-electron chi connectivity index (χ0n) is 17.1. The molecule has 0 aromatic heterocycles. The van der Waals surface area contributed by atoms with Gasteiger partial charge in [0.2, 0.25) is 0 Å². The number of benzene rings is 1. The van der Waals surface area contributed by atoms with Crippen LogP contribution in [0, 0.1) is 11.8 Å². The summed E-state index contributed by atoms with van der Waals surface area (Å²) in [5, 5.41) is 11.0. The predicted molar refractivity (Wildman–Crippen MR) is 107 cm³/mol. The molecule has 1 aromatic rings. The predicted octanol–water partition coefficient (Wildman–Crippen LogP) is 6.47. The van der Waals surface area contributed by atoms with Gasteiger partial charge in [0.05, 0.1) is 0 Å². The van der Waals surface area contributed by atoms with Crippen LogP contribution in [0.3, 0.4) is 0 Å². The third-order valence-electron chi connectivity index (χ3n) is 7.62. The molecular formula is C24H34O2. The number of hydrogen-bond donors (Lipinski definition) is 1. The molecular weight excluding hydrogens is 320 g/mol. The third kappa shape index (κ3) is 2.77. The van der Waals surface area contributed by atoms with Crippen molar-refractivity contribution in [2.75, 3.05) is 0 Å². The summed E-state index contributed by atoms with van der Waals surface area (Å²) < 4.78 is 6.51. The third-order valence-corrected chi connectivity index (χ3v) is 7.62. The SMILES string of the molecule is CC1=CCC2C(C1)c1c(O)cc(C(C)(C)C3CCCC3)cc1OC2(C)C. The minimum Gasteiger partial charge on any atom is -0.508 e. The van der Waals surface area contributed by atoms with Gasteiger partial charge in [-0.05, 0) is 75.5 Å². The van der Waals surface area contributed by atoms with Gasteiger partial charge < -0.3 is 9.84 Å². The molecule has 0 spiro atoms. The molecule has 1 heterocycles. The van der Waals surface area contributed by atoms with Crippen LogP contribution in [-0.4, -0.2) is 10.7 Å². The number of allylic oxidation sites excluding steroid dienone is 2. The van der Waals surface area contributed by atoms with E-state index in [-0.39, 0.29) is 11.0 Å². The van der Waals surface area contributed by atoms with Gasteiger partial charge >= 0.3 is 0 Å². The topological polar surface area (TPSA) is 29.5 Å². The summed E-state index contributed by atoms with van der Waals surface area (Å²) >= 11 is 0. The Labute approximate surface area is 158 Å². The van der Waals surface area contributed by atoms with Gasteiger partial charge in [-0.3, -0.25) is 0 Å². The highest BCUT2D eigenvalue weighted by Gasteiger charge is 2.46. The van der Waals surface area contributed by atoms with E-state index in [1.165, 1.54) is 36.8 Å². The van der Waals surface area contributed by atoms with Gasteiger partial charge in [-0.25, -0.2) is 0 Å². The van der Waals surface area contributed by atoms with Gasteiger partial charge in [0.15, 0.2) is 0 Å². The maximum Gasteiger partial charge on any atom is 0.127 e. The molecule has 2 nitrogen and oxygen atoms in total. The zero-order valence-corrected chi connectivity index (χ0v) is 17.1. The Kier molecular flexibility index (Phi) is 4.17. The lowest BCUT2D eigenvalue weighted by atomic mass is 9.66. The van der Waals surface area contributed by atoms with Gasteiger partial charge in [0.25, 0.3) is 0 Å². The van der Waals surface area contributed by atoms with E-state index in [1.807, 2.05) is 6.07 Å². The first-order valence-corrected chi connectivity index (χ1v) is 10.4. The van der Waals surface area contributed by atoms with E-state index in [4.69, 9.17) is 4.74 Å². The van der Waals surface area contributed by atoms with Crippen molar-refractivity contribution in [1.82, 2.24) is 0 Å². The normalized spacial score (nSPS) is 28.1. The number of phenols is 1. The smallest absolute Gasteiger partial charge is 0.127 e. The van der Waals surface area contributed by atoms with Crippen molar-refractivity contribution in [1.29, 1.82) is 0 Å². The Morgan fingerprint density at radius 3 is 2.54 bits per heavy atom. The lowest BCUT2D eigenvalue weighted by Crippen LogP contribution is -2.45. The number of aromatic hydroxyl groups is 1. The molecule has 0 saturated heterocycles. The van der Waals surface area contributed by atoms with Crippen LogP contribution in [0.4, 0.5) is 0 Å². The molecule has 2 unspecified atom stereocenters. The first-order chi connectivity index (χ1) is 12.2. The fraction of sp³-hybridized carbons (Fsp3) is 0.667. The van der Waals surface area contributed by atoms with Gasteiger partial charge in [-0.1, -0.05) is 38.3 Å². The number of rotatable bonds is 2. The maximum atomic E-state index is 11.0. The summed E-state index contributed by atoms with van der Waals surface area (Å²) in [6.45, 7) is 11.3. The minimum absolute atomic E-state index is 0.0791. The molecule has 0 radical (unpaired) electrons. The summed E-state index contributed by atoms with van der Waals surface area (Å²) in [6.07, 6.45) is 9.69. The van der Waals surface area contributed by atoms with Gasteiger partial charge in [-0.2, -0.15) is 0 Å². The maximum absolute atomic E-state index is 11.0. The molecule has 3 aliphatic rings. The van der Waals surface area contributed by atoms with E-state index in [2.05, 4.69) is 46.8 Å². The molecule has 1 saturated carbocycles. The van der Waals surface area contributed by atoms with Crippen LogP contribution in [-0.2, 0) is 5.41 Å². The summed E-state index contributed by atoms with van der Waals surface area (Å²) in [5.74, 6) is 2.86. The monoisotopic (exact) mass is 354 g/mol. The van der Waals surface area contributed by atoms with E-state index in [0.29, 0.717) is 23.5 Å². The molecule has 2 heteroatoms. The van der Waals surface area contributed by atoms with Crippen LogP contribution in [0.15, 0.2) is 23.8 Å². The van der Waals surface area contributed by atoms with E-state index < -0.39 is 0 Å². The molecule has 142 valence electrons. The van der Waals surface area contributed by atoms with Crippen molar-refractivity contribution in [2.24, 2.45) is 11.8 Å². The van der Waals surface area contributed by atoms with E-state index in [1.54, 1.807) is 0 Å². The van der Waals surface area contributed by atoms with E-state index >= 15 is 0 Å². The highest BCUT2D eigenvalue weighted by atomic mass is 16.5. The van der Waals surface area contributed by atoms with Crippen LogP contribution < -0.4 is 4.74 Å². The van der Waals surface area contributed by atoms with Crippen LogP contribution in [0.25, 0.3) is 0 Å². The molecule has 1 N–H and O–H groups in total. The van der Waals surface area contributed by atoms with Crippen LogP contribution in [0.2, 0.25) is 0 Å². The molecule has 2 atom stereocenters. The lowest BCUT2D eigenvalue weighted by Gasteiger charge is -2.47. The van der Waals surface area contributed by atoms with Crippen LogP contribution in [0.5, 0.6) is 11.5 Å². The van der Waals surface area contributed by atoms with Crippen molar-refractivity contribution in [3.63, 3.8) is 0 Å². The van der Waals surface area contributed by atoms with Crippen molar-refractivity contribution in [3.8, 4) is 11.5 Å². The summed E-state index contributed by atoms with van der Waals surface area (Å²) in [6, 6.07) is 4.29. The molecule has 4 rings (SSSR count). The second-order valence-corrected chi connectivity index (χ2v) is 10.0. The average molecular weight is 355 g/mol. The van der Waals surface area contributed by atoms with Gasteiger partial charge in [-0.15, -0.1) is 0 Å². The Hall–Kier alpha value is -1.44. The average Bonchev–Trinajstić information content (AvgIpc) is 3.08. The summed E-state index contributed by atoms with van der Waals surface area (Å²) in [5.41, 5.74) is 3.60. The Balaban J connectivity index is 1.79. The quantitative estimate of drug-likeness (QED) is 0.617. The van der Waals surface area contributed by atoms with Crippen LogP contribution in [0.1, 0.15) is 90.2 Å². The summed E-state index contributed by atoms with van der Waals surface area (Å²) in [4.78, 5) is 0. The van der Waals surface area contributed by atoms with E-state index in [9.17, 15) is 5.11 Å². The molecule has 26 heavy (non-hydrogen) atoms. The highest BCUT2D eigenvalue weighted by molar-refractivity contribution is 5.54. The molecule has 1 fully saturated rings. The molecule has 0 amide bonds. The zero-order chi connectivity index (χ0) is 18.7. The standard InChI is InChI=1S/C24H34O2/c1-15-10-11-19-18(12-15)22-20(25)13-17(14-21(22)26-24(19,4)5)23(2,3)16-8-6-7-9-16/h10,13-14,16,18-19,25H,6-9,11-12H2,1-5H3. The van der Waals surface area contributed by atoms with Crippen molar-refractivity contribution in [2.45, 2.75) is 90.1 Å². The molecule has 1 aliphatic heterocycles. The Morgan fingerprint density at radius 2 is 1.85 bits per heavy atom. The number of hydrogen-bond acceptors (Lipinski definition) is 2. The summed E-state index contributed by atoms with van der Waals surface area (Å²) in [7, 11) is 0. The van der Waals surface area contributed by atoms with Crippen molar-refractivity contribution < 1.29 is 9.84 Å². The lowest BCUT2D eigenvalue weighted by molar-refractivity contribution is 0.00737.